The molecule has 416 valence electrons. The van der Waals surface area contributed by atoms with Crippen LogP contribution < -0.4 is 28.1 Å². The van der Waals surface area contributed by atoms with E-state index in [4.69, 9.17) is 40.4 Å². The molecule has 2 aromatic heterocycles. The number of halogens is 2. The quantitative estimate of drug-likeness (QED) is 0.0470. The van der Waals surface area contributed by atoms with Crippen LogP contribution in [0.15, 0.2) is 223 Å². The van der Waals surface area contributed by atoms with Crippen LogP contribution in [0.3, 0.4) is 0 Å². The number of carbonyl (C=O) groups excluding carboxylic acids is 4. The van der Waals surface area contributed by atoms with Crippen LogP contribution in [0.1, 0.15) is 116 Å². The van der Waals surface area contributed by atoms with Crippen LogP contribution in [0.2, 0.25) is 5.15 Å². The number of para-hydroxylation sites is 4. The summed E-state index contributed by atoms with van der Waals surface area (Å²) in [6.07, 6.45) is 3.94. The first-order valence-electron chi connectivity index (χ1n) is 27.5. The molecule has 8 N–H and O–H groups in total. The molecule has 6 unspecified atom stereocenters. The van der Waals surface area contributed by atoms with E-state index in [1.165, 1.54) is 22.3 Å². The first-order chi connectivity index (χ1) is 40.3. The van der Waals surface area contributed by atoms with E-state index in [1.807, 2.05) is 121 Å². The molecule has 2 heterocycles. The number of carbonyl (C=O) groups is 4. The molecule has 4 saturated carbocycles. The Balaban J connectivity index is 0.000000119. The molecule has 4 aliphatic rings. The van der Waals surface area contributed by atoms with Gasteiger partial charge in [0.25, 0.3) is 17.4 Å². The standard InChI is InChI=1S/C17H13ClN2.C17H16N2O2.C17H14N2O.C10H9ClO.C7H8N2O/c18-16-12-8-4-5-9-15(12)19-17(20-16)14-10-13(14)11-6-2-1-3-7-11;18-16(20)12-8-4-5-9-15(12)19-17(21)14-10-13(14)11-6-2-1-3-7-11;20-17-12-8-4-5-9-15(12)18-16(19-17)14-10-13(14)11-6-2-1-3-7-11;11-10(12)9-6-8(9)7-4-2-1-3-5-7;8-6-4-2-1-3-5(6)7(9)10/h1-9,13-14H,10H2;1-9,13-14H,10H2,(H2,18,20)(H,19,21);1-9,13-14H,10H2,(H,18,19,20);1-5,8-9H,6H2;1-4H,8H2,(H2,9,10)/t;13?,14-;;8?,9-;/m.1.1./s1. The third-order valence-corrected chi connectivity index (χ3v) is 15.8. The molecule has 4 fully saturated rings. The Bertz CT molecular complexity index is 3990. The third-order valence-electron chi connectivity index (χ3n) is 15.3. The lowest BCUT2D eigenvalue weighted by molar-refractivity contribution is -0.117. The Morgan fingerprint density at radius 1 is 0.458 bits per heavy atom. The highest BCUT2D eigenvalue weighted by Crippen LogP contribution is 2.55. The molecule has 8 atom stereocenters. The van der Waals surface area contributed by atoms with Gasteiger partial charge in [-0.15, -0.1) is 0 Å². The van der Waals surface area contributed by atoms with Gasteiger partial charge in [-0.2, -0.15) is 0 Å². The number of H-pyrrole nitrogens is 1. The number of aromatic nitrogens is 4. The van der Waals surface area contributed by atoms with Crippen molar-refractivity contribution in [2.75, 3.05) is 11.1 Å². The third kappa shape index (κ3) is 14.4. The zero-order valence-corrected chi connectivity index (χ0v) is 46.6. The fraction of sp³-hybridized carbons (Fsp3) is 0.176. The van der Waals surface area contributed by atoms with Crippen LogP contribution >= 0.6 is 23.2 Å². The maximum Gasteiger partial charge on any atom is 0.258 e. The van der Waals surface area contributed by atoms with Crippen molar-refractivity contribution in [3.8, 4) is 0 Å². The molecule has 3 amide bonds. The molecule has 10 aromatic rings. The van der Waals surface area contributed by atoms with Gasteiger partial charge in [-0.05, 0) is 132 Å². The van der Waals surface area contributed by atoms with Crippen molar-refractivity contribution in [2.24, 2.45) is 23.3 Å². The number of nitrogens with zero attached hydrogens (tertiary/aromatic N) is 3. The SMILES string of the molecule is Clc1nc(C2CC2c2ccccc2)nc2ccccc12.NC(=O)c1ccccc1N.NC(=O)c1ccccc1NC(=O)[C@@H]1CC1c1ccccc1.O=C(Cl)[C@@H]1CC1c1ccccc1.O=c1[nH]c(C2CC2c2ccccc2)nc2ccccc12. The molecule has 4 aliphatic carbocycles. The van der Waals surface area contributed by atoms with Crippen molar-refractivity contribution in [1.82, 2.24) is 19.9 Å². The van der Waals surface area contributed by atoms with E-state index in [2.05, 4.69) is 73.8 Å². The van der Waals surface area contributed by atoms with Gasteiger partial charge in [0.2, 0.25) is 11.1 Å². The van der Waals surface area contributed by atoms with Gasteiger partial charge in [-0.3, -0.25) is 24.0 Å². The summed E-state index contributed by atoms with van der Waals surface area (Å²) in [5.41, 5.74) is 24.1. The molecular weight excluding hydrogens is 1080 g/mol. The second-order valence-corrected chi connectivity index (χ2v) is 21.7. The molecule has 83 heavy (non-hydrogen) atoms. The molecule has 15 heteroatoms. The molecule has 14 rings (SSSR count). The minimum absolute atomic E-state index is 0.0340. The van der Waals surface area contributed by atoms with Gasteiger partial charge in [0.15, 0.2) is 0 Å². The number of nitrogens with one attached hydrogen (secondary N) is 2. The zero-order chi connectivity index (χ0) is 58.0. The van der Waals surface area contributed by atoms with Crippen LogP contribution in [0.5, 0.6) is 0 Å². The van der Waals surface area contributed by atoms with Gasteiger partial charge in [0, 0.05) is 34.7 Å². The molecule has 8 aromatic carbocycles. The largest absolute Gasteiger partial charge is 0.398 e. The number of nitrogen functional groups attached to an aromatic ring is 1. The summed E-state index contributed by atoms with van der Waals surface area (Å²) >= 11 is 11.7. The number of hydrogen-bond donors (Lipinski definition) is 5. The van der Waals surface area contributed by atoms with Crippen molar-refractivity contribution in [3.05, 3.63) is 279 Å². The monoisotopic (exact) mass is 1140 g/mol. The first kappa shape index (κ1) is 57.0. The number of benzene rings is 8. The summed E-state index contributed by atoms with van der Waals surface area (Å²) in [5.74, 6) is 3.08. The molecule has 0 aliphatic heterocycles. The van der Waals surface area contributed by atoms with Gasteiger partial charge >= 0.3 is 0 Å². The van der Waals surface area contributed by atoms with Gasteiger partial charge in [0.1, 0.15) is 16.8 Å². The summed E-state index contributed by atoms with van der Waals surface area (Å²) < 4.78 is 0. The van der Waals surface area contributed by atoms with Crippen LogP contribution in [0.25, 0.3) is 21.8 Å². The van der Waals surface area contributed by atoms with Crippen molar-refractivity contribution >= 4 is 79.3 Å². The maximum absolute atomic E-state index is 12.3. The van der Waals surface area contributed by atoms with E-state index < -0.39 is 11.8 Å². The smallest absolute Gasteiger partial charge is 0.258 e. The van der Waals surface area contributed by atoms with Crippen molar-refractivity contribution in [1.29, 1.82) is 0 Å². The lowest BCUT2D eigenvalue weighted by atomic mass is 10.1. The number of amides is 3. The fourth-order valence-electron chi connectivity index (χ4n) is 10.4. The highest BCUT2D eigenvalue weighted by molar-refractivity contribution is 6.64. The highest BCUT2D eigenvalue weighted by atomic mass is 35.5. The van der Waals surface area contributed by atoms with Crippen molar-refractivity contribution in [3.63, 3.8) is 0 Å². The second kappa shape index (κ2) is 26.1. The summed E-state index contributed by atoms with van der Waals surface area (Å²) in [4.78, 5) is 73.7. The number of aromatic amines is 1. The van der Waals surface area contributed by atoms with Crippen LogP contribution in [0, 0.1) is 11.8 Å². The predicted octanol–water partition coefficient (Wildman–Crippen LogP) is 13.2. The lowest BCUT2D eigenvalue weighted by Gasteiger charge is -2.08. The summed E-state index contributed by atoms with van der Waals surface area (Å²) in [5, 5.41) is 4.77. The zero-order valence-electron chi connectivity index (χ0n) is 45.1. The average molecular weight is 1140 g/mol. The molecule has 13 nitrogen and oxygen atoms in total. The molecule has 0 spiro atoms. The van der Waals surface area contributed by atoms with Gasteiger partial charge in [-0.1, -0.05) is 181 Å². The van der Waals surface area contributed by atoms with Crippen LogP contribution in [0.4, 0.5) is 11.4 Å². The van der Waals surface area contributed by atoms with Gasteiger partial charge < -0.3 is 27.5 Å². The molecular formula is C68H60Cl2N8O5. The van der Waals surface area contributed by atoms with E-state index in [0.29, 0.717) is 62.6 Å². The van der Waals surface area contributed by atoms with E-state index in [0.717, 1.165) is 53.8 Å². The summed E-state index contributed by atoms with van der Waals surface area (Å²) in [6.45, 7) is 0. The average Bonchev–Trinajstić information content (AvgIpc) is 3.87. The summed E-state index contributed by atoms with van der Waals surface area (Å²) in [6, 6.07) is 69.9. The normalized spacial score (nSPS) is 20.1. The second-order valence-electron chi connectivity index (χ2n) is 21.0. The summed E-state index contributed by atoms with van der Waals surface area (Å²) in [7, 11) is 0. The Morgan fingerprint density at radius 3 is 1.42 bits per heavy atom. The van der Waals surface area contributed by atoms with Crippen molar-refractivity contribution < 1.29 is 19.2 Å². The Hall–Kier alpha value is -9.30. The van der Waals surface area contributed by atoms with E-state index in [1.54, 1.807) is 48.5 Å². The van der Waals surface area contributed by atoms with Gasteiger partial charge in [0.05, 0.1) is 33.2 Å². The minimum atomic E-state index is -0.540. The Labute approximate surface area is 490 Å². The van der Waals surface area contributed by atoms with Crippen LogP contribution in [-0.2, 0) is 9.59 Å². The molecule has 0 radical (unpaired) electrons. The Morgan fingerprint density at radius 2 is 0.892 bits per heavy atom. The van der Waals surface area contributed by atoms with E-state index in [-0.39, 0.29) is 34.5 Å². The number of hydrogen-bond acceptors (Lipinski definition) is 9. The Kier molecular flexibility index (Phi) is 17.9. The van der Waals surface area contributed by atoms with Gasteiger partial charge in [-0.25, -0.2) is 15.0 Å². The van der Waals surface area contributed by atoms with Crippen LogP contribution in [-0.4, -0.2) is 42.9 Å². The number of anilines is 2. The number of nitrogens with two attached hydrogens (primary N) is 3. The highest BCUT2D eigenvalue weighted by Gasteiger charge is 2.45. The number of rotatable bonds is 11. The predicted molar refractivity (Wildman–Crippen MR) is 328 cm³/mol. The topological polar surface area (TPSA) is 230 Å². The lowest BCUT2D eigenvalue weighted by Crippen LogP contribution is -2.19. The van der Waals surface area contributed by atoms with E-state index >= 15 is 0 Å². The fourth-order valence-corrected chi connectivity index (χ4v) is 10.9. The van der Waals surface area contributed by atoms with Crippen molar-refractivity contribution in [2.45, 2.75) is 61.2 Å². The molecule has 0 bridgehead atoms. The minimum Gasteiger partial charge on any atom is -0.398 e. The first-order valence-corrected chi connectivity index (χ1v) is 28.2. The molecule has 0 saturated heterocycles. The maximum atomic E-state index is 12.3. The number of fused-ring (bicyclic) bond motifs is 2. The van der Waals surface area contributed by atoms with E-state index in [9.17, 15) is 24.0 Å². The number of primary amides is 2.